The maximum absolute atomic E-state index is 5.36. The minimum atomic E-state index is 0.501. The second-order valence-corrected chi connectivity index (χ2v) is 2.55. The molecular weight excluding hydrogens is 182 g/mol. The molecule has 3 nitrogen and oxygen atoms in total. The summed E-state index contributed by atoms with van der Waals surface area (Å²) in [4.78, 5) is 7.07. The van der Waals surface area contributed by atoms with E-state index in [2.05, 4.69) is 25.9 Å². The van der Waals surface area contributed by atoms with Crippen molar-refractivity contribution < 1.29 is 0 Å². The molecule has 0 unspecified atom stereocenters. The number of hydrogen-bond donors (Lipinski definition) is 2. The van der Waals surface area contributed by atoms with Crippen molar-refractivity contribution in [2.45, 2.75) is 13.5 Å². The number of rotatable bonds is 1. The highest BCUT2D eigenvalue weighted by atomic mass is 79.9. The van der Waals surface area contributed by atoms with Crippen LogP contribution in [0.4, 0.5) is 0 Å². The van der Waals surface area contributed by atoms with E-state index in [0.717, 1.165) is 16.1 Å². The highest BCUT2D eigenvalue weighted by Gasteiger charge is 2.00. The molecule has 0 aliphatic rings. The van der Waals surface area contributed by atoms with Crippen LogP contribution in [0, 0.1) is 6.92 Å². The summed E-state index contributed by atoms with van der Waals surface area (Å²) < 4.78 is 0.822. The molecule has 0 spiro atoms. The monoisotopic (exact) mass is 189 g/mol. The molecule has 0 bridgehead atoms. The minimum absolute atomic E-state index is 0.501. The van der Waals surface area contributed by atoms with E-state index < -0.39 is 0 Å². The Morgan fingerprint density at radius 1 is 1.78 bits per heavy atom. The van der Waals surface area contributed by atoms with Crippen LogP contribution in [0.15, 0.2) is 4.60 Å². The van der Waals surface area contributed by atoms with Gasteiger partial charge in [-0.05, 0) is 22.9 Å². The summed E-state index contributed by atoms with van der Waals surface area (Å²) in [5, 5.41) is 0. The van der Waals surface area contributed by atoms with E-state index >= 15 is 0 Å². The predicted octanol–water partition coefficient (Wildman–Crippen LogP) is 0.939. The van der Waals surface area contributed by atoms with Crippen molar-refractivity contribution in [1.29, 1.82) is 0 Å². The van der Waals surface area contributed by atoms with Crippen molar-refractivity contribution in [2.24, 2.45) is 5.73 Å². The number of nitrogens with zero attached hydrogens (tertiary/aromatic N) is 1. The van der Waals surface area contributed by atoms with Gasteiger partial charge >= 0.3 is 0 Å². The first-order valence-corrected chi connectivity index (χ1v) is 3.44. The Bertz CT molecular complexity index is 206. The van der Waals surface area contributed by atoms with E-state index in [4.69, 9.17) is 5.73 Å². The summed E-state index contributed by atoms with van der Waals surface area (Å²) >= 11 is 3.25. The zero-order valence-electron chi connectivity index (χ0n) is 5.11. The molecule has 0 aliphatic heterocycles. The number of aryl methyl sites for hydroxylation is 1. The van der Waals surface area contributed by atoms with Crippen LogP contribution in [-0.2, 0) is 6.54 Å². The van der Waals surface area contributed by atoms with E-state index in [-0.39, 0.29) is 0 Å². The number of imidazole rings is 1. The van der Waals surface area contributed by atoms with Gasteiger partial charge in [0.1, 0.15) is 10.4 Å². The fraction of sp³-hybridized carbons (Fsp3) is 0.400. The summed E-state index contributed by atoms with van der Waals surface area (Å²) in [6.07, 6.45) is 0. The third-order valence-electron chi connectivity index (χ3n) is 1.05. The quantitative estimate of drug-likeness (QED) is 0.692. The highest BCUT2D eigenvalue weighted by molar-refractivity contribution is 9.10. The molecule has 0 atom stereocenters. The molecule has 1 heterocycles. The Hall–Kier alpha value is -0.350. The lowest BCUT2D eigenvalue weighted by Crippen LogP contribution is -1.96. The molecule has 0 aromatic carbocycles. The summed E-state index contributed by atoms with van der Waals surface area (Å²) in [7, 11) is 0. The molecule has 50 valence electrons. The third-order valence-corrected chi connectivity index (χ3v) is 1.71. The molecule has 1 aromatic heterocycles. The average Bonchev–Trinajstić information content (AvgIpc) is 2.10. The summed E-state index contributed by atoms with van der Waals surface area (Å²) in [5.41, 5.74) is 6.31. The van der Waals surface area contributed by atoms with E-state index in [1.54, 1.807) is 0 Å². The number of nitrogens with two attached hydrogens (primary N) is 1. The highest BCUT2D eigenvalue weighted by Crippen LogP contribution is 2.11. The molecule has 0 radical (unpaired) electrons. The molecule has 0 fully saturated rings. The van der Waals surface area contributed by atoms with Gasteiger partial charge in [0.2, 0.25) is 0 Å². The molecule has 1 rings (SSSR count). The van der Waals surface area contributed by atoms with Crippen molar-refractivity contribution in [2.75, 3.05) is 0 Å². The number of hydrogen-bond acceptors (Lipinski definition) is 2. The Labute approximate surface area is 61.8 Å². The maximum Gasteiger partial charge on any atom is 0.128 e. The van der Waals surface area contributed by atoms with Crippen LogP contribution in [-0.4, -0.2) is 9.97 Å². The van der Waals surface area contributed by atoms with Crippen molar-refractivity contribution >= 4 is 15.9 Å². The van der Waals surface area contributed by atoms with Crippen LogP contribution in [0.25, 0.3) is 0 Å². The van der Waals surface area contributed by atoms with Crippen LogP contribution < -0.4 is 5.73 Å². The molecule has 9 heavy (non-hydrogen) atoms. The zero-order valence-corrected chi connectivity index (χ0v) is 6.70. The topological polar surface area (TPSA) is 54.7 Å². The second-order valence-electron chi connectivity index (χ2n) is 1.80. The fourth-order valence-electron chi connectivity index (χ4n) is 0.648. The minimum Gasteiger partial charge on any atom is -0.344 e. The molecule has 0 amide bonds. The van der Waals surface area contributed by atoms with E-state index in [1.807, 2.05) is 6.92 Å². The van der Waals surface area contributed by atoms with Gasteiger partial charge in [-0.2, -0.15) is 0 Å². The van der Waals surface area contributed by atoms with Crippen LogP contribution in [0.1, 0.15) is 11.5 Å². The number of aromatic amines is 1. The molecule has 1 aromatic rings. The summed E-state index contributed by atoms with van der Waals surface area (Å²) in [5.74, 6) is 0.891. The standard InChI is InChI=1S/C5H8BrN3/c1-3-8-4(2-7)5(6)9-3/h2,7H2,1H3,(H,8,9). The number of halogens is 1. The number of nitrogens with one attached hydrogen (secondary N) is 1. The Kier molecular flexibility index (Phi) is 1.87. The smallest absolute Gasteiger partial charge is 0.128 e. The first-order chi connectivity index (χ1) is 4.24. The molecular formula is C5H8BrN3. The normalized spacial score (nSPS) is 10.1. The summed E-state index contributed by atoms with van der Waals surface area (Å²) in [6.45, 7) is 2.39. The maximum atomic E-state index is 5.36. The van der Waals surface area contributed by atoms with Crippen LogP contribution in [0.5, 0.6) is 0 Å². The van der Waals surface area contributed by atoms with Crippen LogP contribution >= 0.6 is 15.9 Å². The lowest BCUT2D eigenvalue weighted by atomic mass is 10.5. The average molecular weight is 190 g/mol. The Balaban J connectivity index is 3.01. The van der Waals surface area contributed by atoms with Gasteiger partial charge in [-0.3, -0.25) is 0 Å². The van der Waals surface area contributed by atoms with Crippen LogP contribution in [0.2, 0.25) is 0 Å². The molecule has 0 saturated heterocycles. The predicted molar refractivity (Wildman–Crippen MR) is 38.9 cm³/mol. The lowest BCUT2D eigenvalue weighted by molar-refractivity contribution is 0.992. The largest absolute Gasteiger partial charge is 0.344 e. The van der Waals surface area contributed by atoms with Crippen molar-refractivity contribution in [1.82, 2.24) is 9.97 Å². The molecule has 3 N–H and O–H groups in total. The fourth-order valence-corrected chi connectivity index (χ4v) is 1.17. The van der Waals surface area contributed by atoms with Gasteiger partial charge in [0.05, 0.1) is 5.69 Å². The number of aromatic nitrogens is 2. The van der Waals surface area contributed by atoms with Gasteiger partial charge in [0.15, 0.2) is 0 Å². The SMILES string of the molecule is Cc1nc(Br)c(CN)[nH]1. The van der Waals surface area contributed by atoms with Crippen molar-refractivity contribution in [3.63, 3.8) is 0 Å². The zero-order chi connectivity index (χ0) is 6.85. The van der Waals surface area contributed by atoms with E-state index in [1.165, 1.54) is 0 Å². The van der Waals surface area contributed by atoms with Crippen molar-refractivity contribution in [3.05, 3.63) is 16.1 Å². The van der Waals surface area contributed by atoms with Gasteiger partial charge in [0, 0.05) is 6.54 Å². The summed E-state index contributed by atoms with van der Waals surface area (Å²) in [6, 6.07) is 0. The van der Waals surface area contributed by atoms with Gasteiger partial charge in [-0.25, -0.2) is 4.98 Å². The second kappa shape index (κ2) is 2.49. The van der Waals surface area contributed by atoms with Gasteiger partial charge < -0.3 is 10.7 Å². The van der Waals surface area contributed by atoms with E-state index in [9.17, 15) is 0 Å². The molecule has 4 heteroatoms. The van der Waals surface area contributed by atoms with Gasteiger partial charge in [-0.1, -0.05) is 0 Å². The Morgan fingerprint density at radius 3 is 2.67 bits per heavy atom. The van der Waals surface area contributed by atoms with E-state index in [0.29, 0.717) is 6.54 Å². The third kappa shape index (κ3) is 1.31. The van der Waals surface area contributed by atoms with Crippen LogP contribution in [0.3, 0.4) is 0 Å². The van der Waals surface area contributed by atoms with Crippen molar-refractivity contribution in [3.8, 4) is 0 Å². The molecule has 0 saturated carbocycles. The first-order valence-electron chi connectivity index (χ1n) is 2.65. The van der Waals surface area contributed by atoms with Gasteiger partial charge in [-0.15, -0.1) is 0 Å². The van der Waals surface area contributed by atoms with Gasteiger partial charge in [0.25, 0.3) is 0 Å². The molecule has 0 aliphatic carbocycles. The Morgan fingerprint density at radius 2 is 2.44 bits per heavy atom. The number of H-pyrrole nitrogens is 1. The first kappa shape index (κ1) is 6.77. The lowest BCUT2D eigenvalue weighted by Gasteiger charge is -1.86.